The summed E-state index contributed by atoms with van der Waals surface area (Å²) in [6.07, 6.45) is 3.56. The summed E-state index contributed by atoms with van der Waals surface area (Å²) in [7, 11) is 1.66. The molecule has 0 radical (unpaired) electrons. The van der Waals surface area contributed by atoms with Crippen molar-refractivity contribution >= 4 is 5.82 Å². The normalized spacial score (nSPS) is 10.0. The van der Waals surface area contributed by atoms with Crippen LogP contribution in [0.3, 0.4) is 0 Å². The number of anilines is 1. The summed E-state index contributed by atoms with van der Waals surface area (Å²) < 4.78 is 5.12. The van der Waals surface area contributed by atoms with Crippen LogP contribution in [0.4, 0.5) is 5.82 Å². The lowest BCUT2D eigenvalue weighted by atomic mass is 10.2. The molecular weight excluding hydrogens is 254 g/mol. The minimum absolute atomic E-state index is 0.307. The smallest absolute Gasteiger partial charge is 0.163 e. The first-order chi connectivity index (χ1) is 9.83. The Kier molecular flexibility index (Phi) is 4.98. The second kappa shape index (κ2) is 7.16. The Morgan fingerprint density at radius 1 is 1.30 bits per heavy atom. The molecule has 2 aromatic heterocycles. The molecule has 2 aromatic rings. The minimum atomic E-state index is 0.307. The SMILES string of the molecule is COCCN(Cc1cccnc1)c1ccc(C#N)nn1. The number of pyridine rings is 1. The van der Waals surface area contributed by atoms with E-state index in [4.69, 9.17) is 10.00 Å². The molecule has 0 spiro atoms. The summed E-state index contributed by atoms with van der Waals surface area (Å²) in [6, 6.07) is 9.31. The molecule has 0 aliphatic carbocycles. The van der Waals surface area contributed by atoms with Crippen LogP contribution in [0.25, 0.3) is 0 Å². The van der Waals surface area contributed by atoms with Crippen molar-refractivity contribution in [2.45, 2.75) is 6.54 Å². The van der Waals surface area contributed by atoms with Gasteiger partial charge in [0.05, 0.1) is 6.61 Å². The molecule has 0 amide bonds. The van der Waals surface area contributed by atoms with Gasteiger partial charge in [-0.05, 0) is 23.8 Å². The fourth-order valence-electron chi connectivity index (χ4n) is 1.74. The summed E-state index contributed by atoms with van der Waals surface area (Å²) >= 11 is 0. The van der Waals surface area contributed by atoms with Gasteiger partial charge in [-0.1, -0.05) is 6.07 Å². The number of rotatable bonds is 6. The van der Waals surface area contributed by atoms with Gasteiger partial charge in [0.2, 0.25) is 0 Å². The number of nitriles is 1. The van der Waals surface area contributed by atoms with Crippen LogP contribution in [-0.2, 0) is 11.3 Å². The van der Waals surface area contributed by atoms with E-state index in [1.165, 1.54) is 0 Å². The van der Waals surface area contributed by atoms with Gasteiger partial charge in [-0.2, -0.15) is 5.26 Å². The van der Waals surface area contributed by atoms with Crippen molar-refractivity contribution in [1.29, 1.82) is 5.26 Å². The van der Waals surface area contributed by atoms with Gasteiger partial charge in [0, 0.05) is 32.6 Å². The van der Waals surface area contributed by atoms with Crippen molar-refractivity contribution in [3.8, 4) is 6.07 Å². The zero-order valence-electron chi connectivity index (χ0n) is 11.2. The van der Waals surface area contributed by atoms with Gasteiger partial charge >= 0.3 is 0 Å². The van der Waals surface area contributed by atoms with Crippen LogP contribution in [-0.4, -0.2) is 35.4 Å². The van der Waals surface area contributed by atoms with E-state index in [0.29, 0.717) is 31.2 Å². The summed E-state index contributed by atoms with van der Waals surface area (Å²) in [5.41, 5.74) is 1.39. The first-order valence-electron chi connectivity index (χ1n) is 6.20. The summed E-state index contributed by atoms with van der Waals surface area (Å²) in [5, 5.41) is 16.7. The molecule has 0 bridgehead atoms. The first kappa shape index (κ1) is 13.9. The van der Waals surface area contributed by atoms with E-state index >= 15 is 0 Å². The van der Waals surface area contributed by atoms with E-state index < -0.39 is 0 Å². The molecule has 0 saturated heterocycles. The van der Waals surface area contributed by atoms with Crippen molar-refractivity contribution in [3.05, 3.63) is 47.9 Å². The van der Waals surface area contributed by atoms with Crippen molar-refractivity contribution in [2.75, 3.05) is 25.2 Å². The van der Waals surface area contributed by atoms with Gasteiger partial charge in [-0.25, -0.2) is 0 Å². The zero-order valence-corrected chi connectivity index (χ0v) is 11.2. The van der Waals surface area contributed by atoms with Gasteiger partial charge in [-0.3, -0.25) is 4.98 Å². The van der Waals surface area contributed by atoms with Crippen LogP contribution in [0, 0.1) is 11.3 Å². The predicted molar refractivity (Wildman–Crippen MR) is 73.9 cm³/mol. The highest BCUT2D eigenvalue weighted by molar-refractivity contribution is 5.39. The molecule has 102 valence electrons. The molecule has 0 saturated carbocycles. The van der Waals surface area contributed by atoms with Gasteiger partial charge in [0.25, 0.3) is 0 Å². The first-order valence-corrected chi connectivity index (χ1v) is 6.20. The minimum Gasteiger partial charge on any atom is -0.383 e. The molecule has 0 unspecified atom stereocenters. The molecule has 6 heteroatoms. The van der Waals surface area contributed by atoms with Gasteiger partial charge in [0.15, 0.2) is 11.5 Å². The Labute approximate surface area is 117 Å². The molecular formula is C14H15N5O. The lowest BCUT2D eigenvalue weighted by molar-refractivity contribution is 0.204. The molecule has 2 heterocycles. The second-order valence-electron chi connectivity index (χ2n) is 4.16. The summed E-state index contributed by atoms with van der Waals surface area (Å²) in [6.45, 7) is 1.94. The predicted octanol–water partition coefficient (Wildman–Crippen LogP) is 1.40. The van der Waals surface area contributed by atoms with E-state index in [0.717, 1.165) is 5.56 Å². The second-order valence-corrected chi connectivity index (χ2v) is 4.16. The van der Waals surface area contributed by atoms with E-state index in [1.54, 1.807) is 25.4 Å². The van der Waals surface area contributed by atoms with Gasteiger partial charge < -0.3 is 9.64 Å². The van der Waals surface area contributed by atoms with Crippen LogP contribution in [0.5, 0.6) is 0 Å². The molecule has 0 N–H and O–H groups in total. The third-order valence-electron chi connectivity index (χ3n) is 2.75. The molecule has 2 rings (SSSR count). The van der Waals surface area contributed by atoms with Crippen LogP contribution in [0.1, 0.15) is 11.3 Å². The summed E-state index contributed by atoms with van der Waals surface area (Å²) in [5.74, 6) is 0.713. The van der Waals surface area contributed by atoms with E-state index in [-0.39, 0.29) is 0 Å². The van der Waals surface area contributed by atoms with Crippen LogP contribution < -0.4 is 4.90 Å². The number of methoxy groups -OCH3 is 1. The average molecular weight is 269 g/mol. The summed E-state index contributed by atoms with van der Waals surface area (Å²) in [4.78, 5) is 6.14. The Morgan fingerprint density at radius 3 is 2.80 bits per heavy atom. The molecule has 0 aromatic carbocycles. The third-order valence-corrected chi connectivity index (χ3v) is 2.75. The van der Waals surface area contributed by atoms with E-state index in [1.807, 2.05) is 29.3 Å². The lowest BCUT2D eigenvalue weighted by Gasteiger charge is -2.22. The third kappa shape index (κ3) is 3.73. The number of nitrogens with zero attached hydrogens (tertiary/aromatic N) is 5. The maximum absolute atomic E-state index is 8.75. The monoisotopic (exact) mass is 269 g/mol. The lowest BCUT2D eigenvalue weighted by Crippen LogP contribution is -2.27. The fourth-order valence-corrected chi connectivity index (χ4v) is 1.74. The Bertz CT molecular complexity index is 564. The van der Waals surface area contributed by atoms with Crippen molar-refractivity contribution in [2.24, 2.45) is 0 Å². The highest BCUT2D eigenvalue weighted by Gasteiger charge is 2.09. The number of ether oxygens (including phenoxy) is 1. The fraction of sp³-hybridized carbons (Fsp3) is 0.286. The Balaban J connectivity index is 2.15. The number of aromatic nitrogens is 3. The van der Waals surface area contributed by atoms with Crippen LogP contribution in [0.15, 0.2) is 36.7 Å². The zero-order chi connectivity index (χ0) is 14.2. The topological polar surface area (TPSA) is 74.9 Å². The largest absolute Gasteiger partial charge is 0.383 e. The average Bonchev–Trinajstić information content (AvgIpc) is 2.52. The standard InChI is InChI=1S/C14H15N5O/c1-20-8-7-19(11-12-3-2-6-16-10-12)14-5-4-13(9-15)17-18-14/h2-6,10H,7-8,11H2,1H3. The van der Waals surface area contributed by atoms with Crippen molar-refractivity contribution in [3.63, 3.8) is 0 Å². The van der Waals surface area contributed by atoms with E-state index in [9.17, 15) is 0 Å². The van der Waals surface area contributed by atoms with Crippen molar-refractivity contribution in [1.82, 2.24) is 15.2 Å². The maximum Gasteiger partial charge on any atom is 0.163 e. The highest BCUT2D eigenvalue weighted by atomic mass is 16.5. The molecule has 0 aliphatic heterocycles. The Morgan fingerprint density at radius 2 is 2.20 bits per heavy atom. The highest BCUT2D eigenvalue weighted by Crippen LogP contribution is 2.13. The van der Waals surface area contributed by atoms with Crippen LogP contribution in [0.2, 0.25) is 0 Å². The molecule has 0 atom stereocenters. The quantitative estimate of drug-likeness (QED) is 0.789. The Hall–Kier alpha value is -2.52. The number of hydrogen-bond acceptors (Lipinski definition) is 6. The maximum atomic E-state index is 8.75. The van der Waals surface area contributed by atoms with E-state index in [2.05, 4.69) is 15.2 Å². The van der Waals surface area contributed by atoms with Gasteiger partial charge in [-0.15, -0.1) is 10.2 Å². The molecule has 0 fully saturated rings. The van der Waals surface area contributed by atoms with Crippen molar-refractivity contribution < 1.29 is 4.74 Å². The van der Waals surface area contributed by atoms with Crippen LogP contribution >= 0.6 is 0 Å². The number of hydrogen-bond donors (Lipinski definition) is 0. The molecule has 0 aliphatic rings. The van der Waals surface area contributed by atoms with Gasteiger partial charge in [0.1, 0.15) is 6.07 Å². The molecule has 20 heavy (non-hydrogen) atoms. The molecule has 6 nitrogen and oxygen atoms in total.